The van der Waals surface area contributed by atoms with Crippen molar-refractivity contribution in [3.8, 4) is 11.5 Å². The molecule has 0 aliphatic carbocycles. The number of rotatable bonds is 9. The van der Waals surface area contributed by atoms with Gasteiger partial charge >= 0.3 is 12.1 Å². The van der Waals surface area contributed by atoms with Gasteiger partial charge in [-0.3, -0.25) is 5.43 Å². The highest BCUT2D eigenvalue weighted by Gasteiger charge is 2.30. The van der Waals surface area contributed by atoms with Crippen molar-refractivity contribution in [2.45, 2.75) is 20.0 Å². The standard InChI is InChI=1S/C19H19BrF3N3O4/c1-3-28-15-8-12(7-14(20)18(15)30-11-17(27)29-4-2)9-25-26-16-6-5-13(10-24-16)19(21,22)23/h5-10H,3-4,11H2,1-2H3,(H,24,26)/b25-9-. The van der Waals surface area contributed by atoms with Gasteiger partial charge in [0.05, 0.1) is 29.5 Å². The van der Waals surface area contributed by atoms with Crippen molar-refractivity contribution in [2.75, 3.05) is 25.2 Å². The zero-order chi connectivity index (χ0) is 22.1. The number of anilines is 1. The molecule has 1 aromatic carbocycles. The summed E-state index contributed by atoms with van der Waals surface area (Å²) in [5, 5.41) is 3.96. The van der Waals surface area contributed by atoms with Crippen LogP contribution in [0.1, 0.15) is 25.0 Å². The van der Waals surface area contributed by atoms with Crippen molar-refractivity contribution < 1.29 is 32.2 Å². The van der Waals surface area contributed by atoms with Crippen molar-refractivity contribution in [2.24, 2.45) is 5.10 Å². The van der Waals surface area contributed by atoms with E-state index in [2.05, 4.69) is 31.4 Å². The Morgan fingerprint density at radius 1 is 1.23 bits per heavy atom. The molecule has 11 heteroatoms. The van der Waals surface area contributed by atoms with Gasteiger partial charge in [-0.15, -0.1) is 0 Å². The number of carbonyl (C=O) groups excluding carboxylic acids is 1. The number of aromatic nitrogens is 1. The number of ether oxygens (including phenoxy) is 3. The summed E-state index contributed by atoms with van der Waals surface area (Å²) in [5.74, 6) is 0.355. The Bertz CT molecular complexity index is 890. The van der Waals surface area contributed by atoms with Gasteiger partial charge in [-0.1, -0.05) is 0 Å². The lowest BCUT2D eigenvalue weighted by molar-refractivity contribution is -0.145. The van der Waals surface area contributed by atoms with Gasteiger partial charge in [-0.25, -0.2) is 9.78 Å². The van der Waals surface area contributed by atoms with Gasteiger partial charge in [0, 0.05) is 6.20 Å². The molecule has 0 radical (unpaired) electrons. The molecule has 162 valence electrons. The first-order chi connectivity index (χ1) is 14.2. The number of benzene rings is 1. The fourth-order valence-corrected chi connectivity index (χ4v) is 2.77. The van der Waals surface area contributed by atoms with E-state index in [4.69, 9.17) is 14.2 Å². The van der Waals surface area contributed by atoms with Crippen LogP contribution in [0.15, 0.2) is 40.0 Å². The molecule has 0 unspecified atom stereocenters. The number of nitrogens with zero attached hydrogens (tertiary/aromatic N) is 2. The summed E-state index contributed by atoms with van der Waals surface area (Å²) >= 11 is 3.36. The largest absolute Gasteiger partial charge is 0.490 e. The normalized spacial score (nSPS) is 11.4. The maximum atomic E-state index is 12.6. The summed E-state index contributed by atoms with van der Waals surface area (Å²) in [6, 6.07) is 5.40. The molecule has 0 aliphatic rings. The van der Waals surface area contributed by atoms with Crippen LogP contribution in [-0.4, -0.2) is 37.0 Å². The van der Waals surface area contributed by atoms with E-state index in [0.29, 0.717) is 28.1 Å². The van der Waals surface area contributed by atoms with Crippen molar-refractivity contribution in [1.82, 2.24) is 4.98 Å². The van der Waals surface area contributed by atoms with Gasteiger partial charge in [0.2, 0.25) is 0 Å². The number of hydrogen-bond acceptors (Lipinski definition) is 7. The van der Waals surface area contributed by atoms with Crippen molar-refractivity contribution in [3.05, 3.63) is 46.1 Å². The molecule has 1 heterocycles. The highest BCUT2D eigenvalue weighted by molar-refractivity contribution is 9.10. The first-order valence-electron chi connectivity index (χ1n) is 8.81. The average molecular weight is 490 g/mol. The van der Waals surface area contributed by atoms with Crippen LogP contribution in [0.4, 0.5) is 19.0 Å². The molecule has 1 N–H and O–H groups in total. The quantitative estimate of drug-likeness (QED) is 0.313. The van der Waals surface area contributed by atoms with Crippen LogP contribution >= 0.6 is 15.9 Å². The van der Waals surface area contributed by atoms with Gasteiger partial charge in [-0.05, 0) is 59.6 Å². The molecule has 30 heavy (non-hydrogen) atoms. The molecule has 0 fully saturated rings. The lowest BCUT2D eigenvalue weighted by Crippen LogP contribution is -2.15. The topological polar surface area (TPSA) is 82.0 Å². The van der Waals surface area contributed by atoms with Gasteiger partial charge in [0.1, 0.15) is 5.82 Å². The first kappa shape index (κ1) is 23.5. The molecule has 2 aromatic rings. The first-order valence-corrected chi connectivity index (χ1v) is 9.61. The number of hydrazone groups is 1. The third-order valence-electron chi connectivity index (χ3n) is 3.45. The molecular weight excluding hydrogens is 471 g/mol. The number of hydrogen-bond donors (Lipinski definition) is 1. The van der Waals surface area contributed by atoms with Crippen molar-refractivity contribution in [3.63, 3.8) is 0 Å². The summed E-state index contributed by atoms with van der Waals surface area (Å²) in [5.41, 5.74) is 2.31. The predicted octanol–water partition coefficient (Wildman–Crippen LogP) is 4.65. The van der Waals surface area contributed by atoms with Gasteiger partial charge < -0.3 is 14.2 Å². The number of halogens is 4. The molecule has 0 amide bonds. The van der Waals surface area contributed by atoms with Crippen LogP contribution in [0, 0.1) is 0 Å². The van der Waals surface area contributed by atoms with Gasteiger partial charge in [-0.2, -0.15) is 18.3 Å². The third kappa shape index (κ3) is 6.90. The molecule has 2 rings (SSSR count). The number of pyridine rings is 1. The van der Waals surface area contributed by atoms with Crippen LogP contribution in [-0.2, 0) is 15.7 Å². The number of nitrogens with one attached hydrogen (secondary N) is 1. The van der Waals surface area contributed by atoms with E-state index >= 15 is 0 Å². The van der Waals surface area contributed by atoms with Gasteiger partial charge in [0.15, 0.2) is 18.1 Å². The number of esters is 1. The summed E-state index contributed by atoms with van der Waals surface area (Å²) in [4.78, 5) is 15.2. The summed E-state index contributed by atoms with van der Waals surface area (Å²) in [6.07, 6.45) is -2.30. The Kier molecular flexibility index (Phi) is 8.46. The Labute approximate surface area is 179 Å². The van der Waals surface area contributed by atoms with Crippen LogP contribution in [0.3, 0.4) is 0 Å². The Hall–Kier alpha value is -2.82. The predicted molar refractivity (Wildman–Crippen MR) is 108 cm³/mol. The molecule has 0 saturated heterocycles. The third-order valence-corrected chi connectivity index (χ3v) is 4.04. The second kappa shape index (κ2) is 10.8. The van der Waals surface area contributed by atoms with Gasteiger partial charge in [0.25, 0.3) is 0 Å². The molecule has 0 spiro atoms. The molecule has 0 aliphatic heterocycles. The van der Waals surface area contributed by atoms with E-state index in [-0.39, 0.29) is 19.0 Å². The second-order valence-electron chi connectivity index (χ2n) is 5.66. The van der Waals surface area contributed by atoms with Crippen LogP contribution in [0.2, 0.25) is 0 Å². The van der Waals surface area contributed by atoms with E-state index in [0.717, 1.165) is 12.3 Å². The Morgan fingerprint density at radius 3 is 2.60 bits per heavy atom. The van der Waals surface area contributed by atoms with E-state index < -0.39 is 17.7 Å². The maximum Gasteiger partial charge on any atom is 0.417 e. The molecule has 0 saturated carbocycles. The van der Waals surface area contributed by atoms with Crippen LogP contribution in [0.25, 0.3) is 0 Å². The lowest BCUT2D eigenvalue weighted by atomic mass is 10.2. The van der Waals surface area contributed by atoms with E-state index in [1.165, 1.54) is 12.3 Å². The number of carbonyl (C=O) groups is 1. The van der Waals surface area contributed by atoms with Crippen molar-refractivity contribution >= 4 is 33.9 Å². The zero-order valence-electron chi connectivity index (χ0n) is 16.1. The molecular formula is C19H19BrF3N3O4. The van der Waals surface area contributed by atoms with Crippen molar-refractivity contribution in [1.29, 1.82) is 0 Å². The average Bonchev–Trinajstić information content (AvgIpc) is 2.67. The molecule has 0 bridgehead atoms. The zero-order valence-corrected chi connectivity index (χ0v) is 17.7. The summed E-state index contributed by atoms with van der Waals surface area (Å²) in [6.45, 7) is 3.82. The van der Waals surface area contributed by atoms with E-state index in [1.54, 1.807) is 26.0 Å². The second-order valence-corrected chi connectivity index (χ2v) is 6.51. The monoisotopic (exact) mass is 489 g/mol. The molecule has 7 nitrogen and oxygen atoms in total. The smallest absolute Gasteiger partial charge is 0.417 e. The van der Waals surface area contributed by atoms with Crippen LogP contribution < -0.4 is 14.9 Å². The SMILES string of the molecule is CCOC(=O)COc1c(Br)cc(/C=N\Nc2ccc(C(F)(F)F)cn2)cc1OCC. The highest BCUT2D eigenvalue weighted by Crippen LogP contribution is 2.36. The van der Waals surface area contributed by atoms with Crippen LogP contribution in [0.5, 0.6) is 11.5 Å². The fourth-order valence-electron chi connectivity index (χ4n) is 2.20. The lowest BCUT2D eigenvalue weighted by Gasteiger charge is -2.14. The number of alkyl halides is 3. The minimum atomic E-state index is -4.45. The maximum absolute atomic E-state index is 12.6. The molecule has 1 aromatic heterocycles. The molecule has 0 atom stereocenters. The summed E-state index contributed by atoms with van der Waals surface area (Å²) in [7, 11) is 0. The Morgan fingerprint density at radius 2 is 2.00 bits per heavy atom. The fraction of sp³-hybridized carbons (Fsp3) is 0.316. The Balaban J connectivity index is 2.10. The van der Waals surface area contributed by atoms with E-state index in [9.17, 15) is 18.0 Å². The summed E-state index contributed by atoms with van der Waals surface area (Å²) < 4.78 is 54.1. The highest BCUT2D eigenvalue weighted by atomic mass is 79.9. The van der Waals surface area contributed by atoms with E-state index in [1.807, 2.05) is 0 Å². The minimum absolute atomic E-state index is 0.151. The minimum Gasteiger partial charge on any atom is -0.490 e.